The van der Waals surface area contributed by atoms with Crippen LogP contribution in [0.3, 0.4) is 0 Å². The number of aromatic nitrogens is 2. The Balaban J connectivity index is 1.45. The minimum absolute atomic E-state index is 0.0813. The van der Waals surface area contributed by atoms with Crippen LogP contribution in [-0.2, 0) is 24.3 Å². The molecule has 1 heterocycles. The van der Waals surface area contributed by atoms with Crippen molar-refractivity contribution in [3.63, 3.8) is 0 Å². The number of amides is 1. The standard InChI is InChI=1S/C32H38Cl2N6OS/c1-22(2)29(38-30(41)15-27-17-36-21-40(27)18-24-13-11-23(16-35)12-14-24)20-39(19-25-7-6-10-28(33)31(25)34)32(42)37-26-8-4-3-5-9-26/h6-7,10-14,17,21-22,26,29H,3-5,8-9,15,18-20H2,1-2H3,(H,37,42)(H,38,41)/t29-/m1/s1. The summed E-state index contributed by atoms with van der Waals surface area (Å²) in [6.07, 6.45) is 9.53. The lowest BCUT2D eigenvalue weighted by atomic mass is 9.96. The summed E-state index contributed by atoms with van der Waals surface area (Å²) in [7, 11) is 0. The van der Waals surface area contributed by atoms with Crippen molar-refractivity contribution in [3.05, 3.63) is 87.4 Å². The molecule has 1 atom stereocenters. The Bertz CT molecular complexity index is 1390. The van der Waals surface area contributed by atoms with Gasteiger partial charge in [-0.1, -0.05) is 80.6 Å². The number of hydrogen-bond donors (Lipinski definition) is 2. The fraction of sp³-hybridized carbons (Fsp3) is 0.438. The maximum absolute atomic E-state index is 13.3. The summed E-state index contributed by atoms with van der Waals surface area (Å²) in [5.41, 5.74) is 3.35. The lowest BCUT2D eigenvalue weighted by molar-refractivity contribution is -0.121. The molecule has 1 aromatic heterocycles. The Hall–Kier alpha value is -3.12. The van der Waals surface area contributed by atoms with Gasteiger partial charge in [-0.3, -0.25) is 4.79 Å². The molecule has 0 bridgehead atoms. The second-order valence-corrected chi connectivity index (χ2v) is 12.5. The number of nitrogens with one attached hydrogen (secondary N) is 2. The normalized spacial score (nSPS) is 14.3. The summed E-state index contributed by atoms with van der Waals surface area (Å²) in [5, 5.41) is 17.6. The highest BCUT2D eigenvalue weighted by Crippen LogP contribution is 2.27. The van der Waals surface area contributed by atoms with Crippen molar-refractivity contribution in [3.8, 4) is 6.07 Å². The molecule has 1 amide bonds. The molecule has 3 aromatic rings. The Kier molecular flexibility index (Phi) is 11.6. The predicted octanol–water partition coefficient (Wildman–Crippen LogP) is 6.50. The van der Waals surface area contributed by atoms with Gasteiger partial charge in [-0.2, -0.15) is 5.26 Å². The molecule has 10 heteroatoms. The number of thiocarbonyl (C=S) groups is 1. The molecule has 42 heavy (non-hydrogen) atoms. The molecule has 0 aliphatic heterocycles. The van der Waals surface area contributed by atoms with Gasteiger partial charge in [0.15, 0.2) is 5.11 Å². The molecule has 0 saturated heterocycles. The summed E-state index contributed by atoms with van der Waals surface area (Å²) in [4.78, 5) is 19.7. The van der Waals surface area contributed by atoms with Gasteiger partial charge in [-0.05, 0) is 60.3 Å². The molecule has 2 N–H and O–H groups in total. The van der Waals surface area contributed by atoms with Crippen molar-refractivity contribution in [2.24, 2.45) is 5.92 Å². The molecule has 4 rings (SSSR count). The second-order valence-electron chi connectivity index (χ2n) is 11.3. The molecular weight excluding hydrogens is 587 g/mol. The molecule has 0 unspecified atom stereocenters. The van der Waals surface area contributed by atoms with Gasteiger partial charge >= 0.3 is 0 Å². The molecule has 7 nitrogen and oxygen atoms in total. The average molecular weight is 626 g/mol. The average Bonchev–Trinajstić information content (AvgIpc) is 3.41. The Labute approximate surface area is 264 Å². The van der Waals surface area contributed by atoms with E-state index in [1.807, 2.05) is 28.8 Å². The zero-order valence-corrected chi connectivity index (χ0v) is 26.5. The van der Waals surface area contributed by atoms with Crippen molar-refractivity contribution >= 4 is 46.4 Å². The van der Waals surface area contributed by atoms with E-state index in [4.69, 9.17) is 40.7 Å². The van der Waals surface area contributed by atoms with Crippen LogP contribution in [0.1, 0.15) is 68.3 Å². The summed E-state index contributed by atoms with van der Waals surface area (Å²) in [6.45, 7) is 5.77. The smallest absolute Gasteiger partial charge is 0.226 e. The number of halogens is 2. The third-order valence-corrected chi connectivity index (χ3v) is 8.99. The van der Waals surface area contributed by atoms with Crippen molar-refractivity contribution in [1.29, 1.82) is 5.26 Å². The van der Waals surface area contributed by atoms with E-state index in [9.17, 15) is 4.79 Å². The van der Waals surface area contributed by atoms with Crippen LogP contribution in [0.5, 0.6) is 0 Å². The third-order valence-electron chi connectivity index (χ3n) is 7.76. The van der Waals surface area contributed by atoms with Crippen LogP contribution in [-0.4, -0.2) is 44.1 Å². The Morgan fingerprint density at radius 2 is 1.90 bits per heavy atom. The lowest BCUT2D eigenvalue weighted by Crippen LogP contribution is -2.52. The molecule has 0 radical (unpaired) electrons. The number of nitrogens with zero attached hydrogens (tertiary/aromatic N) is 4. The number of rotatable bonds is 11. The SMILES string of the molecule is CC(C)[C@@H](CN(Cc1cccc(Cl)c1Cl)C(=S)NC1CCCCC1)NC(=O)Cc1cncn1Cc1ccc(C#N)cc1. The first kappa shape index (κ1) is 31.8. The van der Waals surface area contributed by atoms with Gasteiger partial charge in [-0.25, -0.2) is 4.98 Å². The van der Waals surface area contributed by atoms with Gasteiger partial charge in [0.1, 0.15) is 0 Å². The molecule has 1 fully saturated rings. The predicted molar refractivity (Wildman–Crippen MR) is 172 cm³/mol. The highest BCUT2D eigenvalue weighted by atomic mass is 35.5. The summed E-state index contributed by atoms with van der Waals surface area (Å²) in [6, 6.07) is 15.4. The molecule has 1 aliphatic carbocycles. The van der Waals surface area contributed by atoms with Crippen LogP contribution in [0.15, 0.2) is 55.0 Å². The minimum Gasteiger partial charge on any atom is -0.360 e. The quantitative estimate of drug-likeness (QED) is 0.237. The van der Waals surface area contributed by atoms with E-state index in [0.29, 0.717) is 46.4 Å². The number of imidazole rings is 1. The van der Waals surface area contributed by atoms with Gasteiger partial charge in [0.2, 0.25) is 5.91 Å². The zero-order chi connectivity index (χ0) is 30.1. The van der Waals surface area contributed by atoms with E-state index in [2.05, 4.69) is 40.4 Å². The zero-order valence-electron chi connectivity index (χ0n) is 24.2. The fourth-order valence-electron chi connectivity index (χ4n) is 5.21. The molecule has 1 saturated carbocycles. The van der Waals surface area contributed by atoms with Crippen molar-refractivity contribution in [2.75, 3.05) is 6.54 Å². The monoisotopic (exact) mass is 624 g/mol. The second kappa shape index (κ2) is 15.4. The van der Waals surface area contributed by atoms with E-state index in [-0.39, 0.29) is 24.3 Å². The number of nitriles is 1. The molecule has 2 aromatic carbocycles. The van der Waals surface area contributed by atoms with E-state index < -0.39 is 0 Å². The van der Waals surface area contributed by atoms with Gasteiger partial charge in [0, 0.05) is 43.6 Å². The fourth-order valence-corrected chi connectivity index (χ4v) is 5.90. The first-order valence-corrected chi connectivity index (χ1v) is 15.7. The third kappa shape index (κ3) is 8.94. The molecule has 222 valence electrons. The summed E-state index contributed by atoms with van der Waals surface area (Å²) < 4.78 is 1.96. The first-order chi connectivity index (χ1) is 20.2. The first-order valence-electron chi connectivity index (χ1n) is 14.5. The number of carbonyl (C=O) groups is 1. The summed E-state index contributed by atoms with van der Waals surface area (Å²) in [5.74, 6) is 0.0782. The van der Waals surface area contributed by atoms with Crippen LogP contribution < -0.4 is 10.6 Å². The van der Waals surface area contributed by atoms with Crippen LogP contribution in [0.2, 0.25) is 10.0 Å². The highest BCUT2D eigenvalue weighted by molar-refractivity contribution is 7.80. The number of carbonyl (C=O) groups excluding carboxylic acids is 1. The molecular formula is C32H38Cl2N6OS. The Morgan fingerprint density at radius 1 is 1.17 bits per heavy atom. The van der Waals surface area contributed by atoms with Crippen LogP contribution in [0, 0.1) is 17.2 Å². The van der Waals surface area contributed by atoms with Crippen molar-refractivity contribution in [1.82, 2.24) is 25.1 Å². The summed E-state index contributed by atoms with van der Waals surface area (Å²) >= 11 is 18.8. The van der Waals surface area contributed by atoms with Crippen LogP contribution in [0.4, 0.5) is 0 Å². The maximum Gasteiger partial charge on any atom is 0.226 e. The minimum atomic E-state index is -0.156. The molecule has 0 spiro atoms. The van der Waals surface area contributed by atoms with E-state index in [0.717, 1.165) is 29.7 Å². The van der Waals surface area contributed by atoms with E-state index in [1.165, 1.54) is 19.3 Å². The number of hydrogen-bond acceptors (Lipinski definition) is 4. The largest absolute Gasteiger partial charge is 0.360 e. The van der Waals surface area contributed by atoms with Gasteiger partial charge in [0.05, 0.1) is 34.4 Å². The van der Waals surface area contributed by atoms with Crippen molar-refractivity contribution in [2.45, 2.75) is 77.5 Å². The van der Waals surface area contributed by atoms with Gasteiger partial charge in [-0.15, -0.1) is 0 Å². The van der Waals surface area contributed by atoms with E-state index in [1.54, 1.807) is 30.7 Å². The van der Waals surface area contributed by atoms with Gasteiger partial charge < -0.3 is 20.1 Å². The van der Waals surface area contributed by atoms with Crippen LogP contribution in [0.25, 0.3) is 0 Å². The van der Waals surface area contributed by atoms with E-state index >= 15 is 0 Å². The van der Waals surface area contributed by atoms with Gasteiger partial charge in [0.25, 0.3) is 0 Å². The highest BCUT2D eigenvalue weighted by Gasteiger charge is 2.25. The van der Waals surface area contributed by atoms with Crippen LogP contribution >= 0.6 is 35.4 Å². The number of benzene rings is 2. The maximum atomic E-state index is 13.3. The molecule has 1 aliphatic rings. The Morgan fingerprint density at radius 3 is 2.60 bits per heavy atom. The lowest BCUT2D eigenvalue weighted by Gasteiger charge is -2.35. The topological polar surface area (TPSA) is 86.0 Å². The van der Waals surface area contributed by atoms with Crippen molar-refractivity contribution < 1.29 is 4.79 Å².